The number of rotatable bonds is 24. The van der Waals surface area contributed by atoms with Gasteiger partial charge >= 0.3 is 0 Å². The molecule has 1 aromatic rings. The topological polar surface area (TPSA) is 240 Å². The molecule has 0 aliphatic rings. The summed E-state index contributed by atoms with van der Waals surface area (Å²) in [6.45, 7) is 2.62. The third-order valence-electron chi connectivity index (χ3n) is 6.77. The molecule has 0 bridgehead atoms. The van der Waals surface area contributed by atoms with Crippen molar-refractivity contribution < 1.29 is 24.0 Å². The smallest absolute Gasteiger partial charge is 0.243 e. The highest BCUT2D eigenvalue weighted by Crippen LogP contribution is 2.07. The quantitative estimate of drug-likeness (QED) is 0.0733. The minimum Gasteiger partial charge on any atom is -0.368 e. The number of amides is 5. The average Bonchev–Trinajstić information content (AvgIpc) is 3.47. The standard InChI is InChI=1S/C28H51N9O5/c1-2-3-4-5-6-13-24(38)35-22(12-8-10-15-30)27(41)33-18-25(39)36-23(16-20-17-32-19-34-20)28(42)37-21(26(31)40)11-7-9-14-29/h17,19,21-23H,2-16,18,29-30H2,1H3,(H2,31,40)(H,32,34)(H,33,41)(H,35,38)(H,36,39)(H,37,42)/t21-,22-,23-/m0/s1. The summed E-state index contributed by atoms with van der Waals surface area (Å²) in [6, 6.07) is -2.80. The molecule has 14 heteroatoms. The SMILES string of the molecule is CCCCCCCC(=O)N[C@@H](CCCCN)C(=O)NCC(=O)N[C@@H](Cc1cnc[nH]1)C(=O)N[C@@H](CCCCN)C(N)=O. The predicted molar refractivity (Wildman–Crippen MR) is 159 cm³/mol. The zero-order valence-electron chi connectivity index (χ0n) is 24.9. The summed E-state index contributed by atoms with van der Waals surface area (Å²) < 4.78 is 0. The van der Waals surface area contributed by atoms with E-state index in [4.69, 9.17) is 17.2 Å². The first kappa shape index (κ1) is 36.5. The maximum absolute atomic E-state index is 13.1. The maximum atomic E-state index is 13.1. The van der Waals surface area contributed by atoms with Crippen molar-refractivity contribution >= 4 is 29.5 Å². The molecule has 1 rings (SSSR count). The second kappa shape index (κ2) is 22.1. The first-order valence-corrected chi connectivity index (χ1v) is 15.0. The van der Waals surface area contributed by atoms with Crippen LogP contribution in [0.25, 0.3) is 0 Å². The number of hydrogen-bond acceptors (Lipinski definition) is 8. The van der Waals surface area contributed by atoms with Gasteiger partial charge in [0.2, 0.25) is 29.5 Å². The fraction of sp³-hybridized carbons (Fsp3) is 0.714. The van der Waals surface area contributed by atoms with E-state index in [9.17, 15) is 24.0 Å². The van der Waals surface area contributed by atoms with Crippen LogP contribution in [0.2, 0.25) is 0 Å². The van der Waals surface area contributed by atoms with Gasteiger partial charge in [0.1, 0.15) is 18.1 Å². The number of imidazole rings is 1. The number of H-pyrrole nitrogens is 1. The molecule has 0 aliphatic heterocycles. The summed E-state index contributed by atoms with van der Waals surface area (Å²) in [6.07, 6.45) is 11.6. The van der Waals surface area contributed by atoms with Gasteiger partial charge < -0.3 is 43.5 Å². The third-order valence-corrected chi connectivity index (χ3v) is 6.77. The highest BCUT2D eigenvalue weighted by molar-refractivity contribution is 5.94. The monoisotopic (exact) mass is 593 g/mol. The summed E-state index contributed by atoms with van der Waals surface area (Å²) in [5.74, 6) is -2.63. The van der Waals surface area contributed by atoms with E-state index >= 15 is 0 Å². The molecule has 0 saturated heterocycles. The van der Waals surface area contributed by atoms with Crippen molar-refractivity contribution in [1.29, 1.82) is 0 Å². The van der Waals surface area contributed by atoms with Crippen molar-refractivity contribution in [1.82, 2.24) is 31.2 Å². The number of aromatic nitrogens is 2. The van der Waals surface area contributed by atoms with Crippen LogP contribution in [-0.4, -0.2) is 77.3 Å². The molecule has 238 valence electrons. The Morgan fingerprint density at radius 3 is 2.02 bits per heavy atom. The van der Waals surface area contributed by atoms with Crippen molar-refractivity contribution in [2.75, 3.05) is 19.6 Å². The zero-order chi connectivity index (χ0) is 31.2. The molecule has 0 saturated carbocycles. The first-order valence-electron chi connectivity index (χ1n) is 15.0. The van der Waals surface area contributed by atoms with Crippen LogP contribution >= 0.6 is 0 Å². The number of nitrogens with zero attached hydrogens (tertiary/aromatic N) is 1. The van der Waals surface area contributed by atoms with Crippen LogP contribution in [0.15, 0.2) is 12.5 Å². The van der Waals surface area contributed by atoms with Gasteiger partial charge in [-0.25, -0.2) is 4.98 Å². The largest absolute Gasteiger partial charge is 0.368 e. The van der Waals surface area contributed by atoms with E-state index in [1.807, 2.05) is 0 Å². The number of hydrogen-bond donors (Lipinski definition) is 8. The minimum atomic E-state index is -1.07. The molecule has 11 N–H and O–H groups in total. The van der Waals surface area contributed by atoms with E-state index in [1.54, 1.807) is 0 Å². The molecule has 1 aromatic heterocycles. The van der Waals surface area contributed by atoms with Crippen LogP contribution in [0.1, 0.15) is 89.7 Å². The van der Waals surface area contributed by atoms with E-state index in [1.165, 1.54) is 12.5 Å². The summed E-state index contributed by atoms with van der Waals surface area (Å²) >= 11 is 0. The van der Waals surface area contributed by atoms with E-state index in [2.05, 4.69) is 38.2 Å². The molecular weight excluding hydrogens is 542 g/mol. The van der Waals surface area contributed by atoms with Gasteiger partial charge in [0.15, 0.2) is 0 Å². The molecule has 0 spiro atoms. The Hall–Kier alpha value is -3.52. The zero-order valence-corrected chi connectivity index (χ0v) is 24.9. The molecule has 1 heterocycles. The van der Waals surface area contributed by atoms with Gasteiger partial charge in [-0.05, 0) is 58.0 Å². The highest BCUT2D eigenvalue weighted by atomic mass is 16.2. The van der Waals surface area contributed by atoms with E-state index in [-0.39, 0.29) is 12.3 Å². The Labute approximate surface area is 248 Å². The summed E-state index contributed by atoms with van der Waals surface area (Å²) in [5, 5.41) is 10.6. The number of aromatic amines is 1. The number of nitrogens with one attached hydrogen (secondary N) is 5. The Kier molecular flexibility index (Phi) is 19.2. The van der Waals surface area contributed by atoms with Crippen molar-refractivity contribution in [3.63, 3.8) is 0 Å². The molecule has 14 nitrogen and oxygen atoms in total. The Balaban J connectivity index is 2.77. The van der Waals surface area contributed by atoms with Crippen molar-refractivity contribution in [3.8, 4) is 0 Å². The summed E-state index contributed by atoms with van der Waals surface area (Å²) in [7, 11) is 0. The molecule has 0 aromatic carbocycles. The van der Waals surface area contributed by atoms with E-state index < -0.39 is 48.3 Å². The molecule has 0 fully saturated rings. The Morgan fingerprint density at radius 1 is 0.786 bits per heavy atom. The van der Waals surface area contributed by atoms with Crippen LogP contribution in [-0.2, 0) is 30.4 Å². The van der Waals surface area contributed by atoms with Crippen LogP contribution in [0, 0.1) is 0 Å². The second-order valence-electron chi connectivity index (χ2n) is 10.4. The predicted octanol–water partition coefficient (Wildman–Crippen LogP) is -0.373. The van der Waals surface area contributed by atoms with Crippen LogP contribution in [0.5, 0.6) is 0 Å². The average molecular weight is 594 g/mol. The molecule has 42 heavy (non-hydrogen) atoms. The minimum absolute atomic E-state index is 0.0653. The fourth-order valence-corrected chi connectivity index (χ4v) is 4.33. The number of nitrogens with two attached hydrogens (primary N) is 3. The fourth-order valence-electron chi connectivity index (χ4n) is 4.33. The van der Waals surface area contributed by atoms with Gasteiger partial charge in [-0.15, -0.1) is 0 Å². The molecule has 0 unspecified atom stereocenters. The Bertz CT molecular complexity index is 942. The van der Waals surface area contributed by atoms with Crippen LogP contribution in [0.3, 0.4) is 0 Å². The van der Waals surface area contributed by atoms with Crippen molar-refractivity contribution in [2.24, 2.45) is 17.2 Å². The highest BCUT2D eigenvalue weighted by Gasteiger charge is 2.27. The third kappa shape index (κ3) is 16.1. The van der Waals surface area contributed by atoms with Gasteiger partial charge in [0.25, 0.3) is 0 Å². The molecule has 5 amide bonds. The number of carbonyl (C=O) groups excluding carboxylic acids is 5. The lowest BCUT2D eigenvalue weighted by molar-refractivity contribution is -0.132. The van der Waals surface area contributed by atoms with Gasteiger partial charge in [-0.2, -0.15) is 0 Å². The number of primary amides is 1. The molecule has 0 aliphatic carbocycles. The van der Waals surface area contributed by atoms with Crippen LogP contribution in [0.4, 0.5) is 0 Å². The second-order valence-corrected chi connectivity index (χ2v) is 10.4. The molecule has 0 radical (unpaired) electrons. The van der Waals surface area contributed by atoms with Gasteiger partial charge in [0, 0.05) is 24.7 Å². The number of unbranched alkanes of at least 4 members (excludes halogenated alkanes) is 6. The van der Waals surface area contributed by atoms with Crippen molar-refractivity contribution in [3.05, 3.63) is 18.2 Å². The van der Waals surface area contributed by atoms with Gasteiger partial charge in [0.05, 0.1) is 12.9 Å². The lowest BCUT2D eigenvalue weighted by Gasteiger charge is -2.22. The molecular formula is C28H51N9O5. The normalized spacial score (nSPS) is 13.0. The van der Waals surface area contributed by atoms with Crippen LogP contribution < -0.4 is 38.5 Å². The molecule has 3 atom stereocenters. The van der Waals surface area contributed by atoms with Crippen molar-refractivity contribution in [2.45, 2.75) is 109 Å². The lowest BCUT2D eigenvalue weighted by atomic mass is 10.1. The maximum Gasteiger partial charge on any atom is 0.243 e. The Morgan fingerprint density at radius 2 is 1.43 bits per heavy atom. The van der Waals surface area contributed by atoms with Gasteiger partial charge in [-0.1, -0.05) is 32.6 Å². The van der Waals surface area contributed by atoms with E-state index in [0.717, 1.165) is 32.1 Å². The lowest BCUT2D eigenvalue weighted by Crippen LogP contribution is -2.55. The van der Waals surface area contributed by atoms with Gasteiger partial charge in [-0.3, -0.25) is 24.0 Å². The first-order chi connectivity index (χ1) is 20.2. The summed E-state index contributed by atoms with van der Waals surface area (Å²) in [5.41, 5.74) is 17.1. The van der Waals surface area contributed by atoms with E-state index in [0.29, 0.717) is 63.7 Å². The number of carbonyl (C=O) groups is 5. The summed E-state index contributed by atoms with van der Waals surface area (Å²) in [4.78, 5) is 70.0.